The molecule has 112 valence electrons. The second kappa shape index (κ2) is 7.18. The second-order valence-electron chi connectivity index (χ2n) is 5.52. The molecule has 3 nitrogen and oxygen atoms in total. The molecule has 21 heavy (non-hydrogen) atoms. The van der Waals surface area contributed by atoms with Gasteiger partial charge in [0.1, 0.15) is 11.6 Å². The first-order valence-electron chi connectivity index (χ1n) is 7.23. The van der Waals surface area contributed by atoms with Gasteiger partial charge in [-0.1, -0.05) is 32.0 Å². The largest absolute Gasteiger partial charge is 0.327 e. The number of nitrogens with one attached hydrogen (secondary N) is 1. The lowest BCUT2D eigenvalue weighted by molar-refractivity contribution is 0.548. The molecule has 4 heteroatoms. The maximum Gasteiger partial charge on any atom is 0.146 e. The van der Waals surface area contributed by atoms with Crippen molar-refractivity contribution in [3.63, 3.8) is 0 Å². The quantitative estimate of drug-likeness (QED) is 0.877. The molecule has 0 aliphatic rings. The zero-order chi connectivity index (χ0) is 15.2. The highest BCUT2D eigenvalue weighted by Gasteiger charge is 2.10. The van der Waals surface area contributed by atoms with E-state index in [1.165, 1.54) is 6.07 Å². The zero-order valence-electron chi connectivity index (χ0n) is 12.8. The minimum atomic E-state index is -0.245. The highest BCUT2D eigenvalue weighted by atomic mass is 19.1. The molecule has 0 radical (unpaired) electrons. The normalized spacial score (nSPS) is 10.9. The summed E-state index contributed by atoms with van der Waals surface area (Å²) in [6.45, 7) is 6.01. The zero-order valence-corrected chi connectivity index (χ0v) is 12.8. The predicted molar refractivity (Wildman–Crippen MR) is 85.2 cm³/mol. The van der Waals surface area contributed by atoms with Gasteiger partial charge in [0.15, 0.2) is 0 Å². The van der Waals surface area contributed by atoms with Gasteiger partial charge in [-0.15, -0.1) is 0 Å². The van der Waals surface area contributed by atoms with Crippen molar-refractivity contribution in [2.24, 2.45) is 5.92 Å². The number of para-hydroxylation sites is 1. The maximum atomic E-state index is 13.8. The predicted octanol–water partition coefficient (Wildman–Crippen LogP) is 3.73. The Morgan fingerprint density at radius 2 is 1.90 bits per heavy atom. The number of hydrogen-bond donors (Lipinski definition) is 1. The van der Waals surface area contributed by atoms with E-state index in [2.05, 4.69) is 24.1 Å². The Morgan fingerprint density at radius 3 is 2.62 bits per heavy atom. The van der Waals surface area contributed by atoms with Crippen LogP contribution >= 0.6 is 0 Å². The van der Waals surface area contributed by atoms with E-state index < -0.39 is 0 Å². The lowest BCUT2D eigenvalue weighted by Crippen LogP contribution is -2.20. The van der Waals surface area contributed by atoms with Gasteiger partial charge in [-0.2, -0.15) is 0 Å². The van der Waals surface area contributed by atoms with E-state index in [0.717, 1.165) is 24.6 Å². The Labute approximate surface area is 125 Å². The van der Waals surface area contributed by atoms with Gasteiger partial charge in [-0.05, 0) is 36.7 Å². The van der Waals surface area contributed by atoms with Crippen LogP contribution < -0.4 is 10.2 Å². The van der Waals surface area contributed by atoms with Crippen LogP contribution in [-0.4, -0.2) is 18.6 Å². The molecule has 2 aromatic rings. The van der Waals surface area contributed by atoms with E-state index in [1.54, 1.807) is 17.0 Å². The molecule has 1 heterocycles. The summed E-state index contributed by atoms with van der Waals surface area (Å²) >= 11 is 0. The van der Waals surface area contributed by atoms with Gasteiger partial charge >= 0.3 is 0 Å². The van der Waals surface area contributed by atoms with E-state index in [-0.39, 0.29) is 5.82 Å². The minimum Gasteiger partial charge on any atom is -0.327 e. The number of anilines is 2. The molecule has 0 aliphatic heterocycles. The first-order chi connectivity index (χ1) is 10.1. The highest BCUT2D eigenvalue weighted by Crippen LogP contribution is 2.24. The average molecular weight is 287 g/mol. The van der Waals surface area contributed by atoms with E-state index in [9.17, 15) is 4.39 Å². The van der Waals surface area contributed by atoms with Crippen LogP contribution in [0.15, 0.2) is 42.5 Å². The molecule has 0 atom stereocenters. The lowest BCUT2D eigenvalue weighted by atomic mass is 10.2. The Bertz CT molecular complexity index is 584. The van der Waals surface area contributed by atoms with E-state index in [1.807, 2.05) is 31.3 Å². The number of hydrogen-bond acceptors (Lipinski definition) is 3. The van der Waals surface area contributed by atoms with Crippen molar-refractivity contribution in [3.8, 4) is 0 Å². The summed E-state index contributed by atoms with van der Waals surface area (Å²) in [5, 5.41) is 3.36. The van der Waals surface area contributed by atoms with Crippen LogP contribution in [0.1, 0.15) is 19.5 Å². The summed E-state index contributed by atoms with van der Waals surface area (Å²) in [5.74, 6) is 1.10. The lowest BCUT2D eigenvalue weighted by Gasteiger charge is -2.19. The molecule has 0 spiro atoms. The molecule has 0 aliphatic carbocycles. The van der Waals surface area contributed by atoms with Crippen molar-refractivity contribution in [1.82, 2.24) is 10.3 Å². The highest BCUT2D eigenvalue weighted by molar-refractivity contribution is 5.59. The third kappa shape index (κ3) is 4.26. The molecule has 1 aromatic carbocycles. The summed E-state index contributed by atoms with van der Waals surface area (Å²) in [4.78, 5) is 6.35. The van der Waals surface area contributed by atoms with Crippen molar-refractivity contribution in [2.75, 3.05) is 18.5 Å². The standard InChI is InChI=1S/C17H22FN3/c1-13(2)11-19-12-14-7-6-10-17(20-14)21(3)16-9-5-4-8-15(16)18/h4-10,13,19H,11-12H2,1-3H3. The van der Waals surface area contributed by atoms with Crippen LogP contribution in [0.5, 0.6) is 0 Å². The van der Waals surface area contributed by atoms with E-state index in [4.69, 9.17) is 0 Å². The number of aromatic nitrogens is 1. The molecule has 0 saturated heterocycles. The van der Waals surface area contributed by atoms with Crippen LogP contribution in [0.25, 0.3) is 0 Å². The van der Waals surface area contributed by atoms with E-state index in [0.29, 0.717) is 11.6 Å². The van der Waals surface area contributed by atoms with Crippen molar-refractivity contribution in [2.45, 2.75) is 20.4 Å². The smallest absolute Gasteiger partial charge is 0.146 e. The fourth-order valence-corrected chi connectivity index (χ4v) is 2.09. The first kappa shape index (κ1) is 15.4. The summed E-state index contributed by atoms with van der Waals surface area (Å²) in [6, 6.07) is 12.5. The van der Waals surface area contributed by atoms with Gasteiger partial charge in [0.05, 0.1) is 11.4 Å². The van der Waals surface area contributed by atoms with Gasteiger partial charge in [0.25, 0.3) is 0 Å². The molecule has 0 saturated carbocycles. The molecule has 0 unspecified atom stereocenters. The first-order valence-corrected chi connectivity index (χ1v) is 7.23. The Hall–Kier alpha value is -1.94. The van der Waals surface area contributed by atoms with Crippen LogP contribution in [-0.2, 0) is 6.54 Å². The Balaban J connectivity index is 2.11. The monoisotopic (exact) mass is 287 g/mol. The summed E-state index contributed by atoms with van der Waals surface area (Å²) in [5.41, 5.74) is 1.48. The molecule has 0 fully saturated rings. The minimum absolute atomic E-state index is 0.245. The fraction of sp³-hybridized carbons (Fsp3) is 0.353. The van der Waals surface area contributed by atoms with Crippen LogP contribution in [0.2, 0.25) is 0 Å². The maximum absolute atomic E-state index is 13.8. The van der Waals surface area contributed by atoms with Gasteiger partial charge in [-0.25, -0.2) is 9.37 Å². The molecule has 0 amide bonds. The van der Waals surface area contributed by atoms with Crippen molar-refractivity contribution in [1.29, 1.82) is 0 Å². The van der Waals surface area contributed by atoms with Crippen LogP contribution in [0, 0.1) is 11.7 Å². The van der Waals surface area contributed by atoms with Crippen molar-refractivity contribution < 1.29 is 4.39 Å². The fourth-order valence-electron chi connectivity index (χ4n) is 2.09. The average Bonchev–Trinajstić information content (AvgIpc) is 2.47. The van der Waals surface area contributed by atoms with Gasteiger partial charge in [-0.3, -0.25) is 0 Å². The molecule has 1 aromatic heterocycles. The number of halogens is 1. The third-order valence-corrected chi connectivity index (χ3v) is 3.21. The molecular weight excluding hydrogens is 265 g/mol. The van der Waals surface area contributed by atoms with Gasteiger partial charge < -0.3 is 10.2 Å². The number of pyridine rings is 1. The molecule has 1 N–H and O–H groups in total. The van der Waals surface area contributed by atoms with E-state index >= 15 is 0 Å². The Morgan fingerprint density at radius 1 is 1.14 bits per heavy atom. The van der Waals surface area contributed by atoms with Crippen LogP contribution in [0.3, 0.4) is 0 Å². The number of nitrogens with zero attached hydrogens (tertiary/aromatic N) is 2. The topological polar surface area (TPSA) is 28.2 Å². The van der Waals surface area contributed by atoms with Gasteiger partial charge in [0, 0.05) is 13.6 Å². The summed E-state index contributed by atoms with van der Waals surface area (Å²) < 4.78 is 13.8. The number of rotatable bonds is 6. The summed E-state index contributed by atoms with van der Waals surface area (Å²) in [7, 11) is 1.83. The van der Waals surface area contributed by atoms with Crippen molar-refractivity contribution >= 4 is 11.5 Å². The van der Waals surface area contributed by atoms with Gasteiger partial charge in [0.2, 0.25) is 0 Å². The van der Waals surface area contributed by atoms with Crippen LogP contribution in [0.4, 0.5) is 15.9 Å². The second-order valence-corrected chi connectivity index (χ2v) is 5.52. The number of benzene rings is 1. The molecule has 0 bridgehead atoms. The molecular formula is C17H22FN3. The third-order valence-electron chi connectivity index (χ3n) is 3.21. The molecule has 2 rings (SSSR count). The van der Waals surface area contributed by atoms with Crippen molar-refractivity contribution in [3.05, 3.63) is 54.0 Å². The SMILES string of the molecule is CC(C)CNCc1cccc(N(C)c2ccccc2F)n1. The Kier molecular flexibility index (Phi) is 5.28. The summed E-state index contributed by atoms with van der Waals surface area (Å²) in [6.07, 6.45) is 0.